The number of rotatable bonds is 5. The number of nitrogens with zero attached hydrogens (tertiary/aromatic N) is 2. The van der Waals surface area contributed by atoms with Gasteiger partial charge in [0.05, 0.1) is 18.4 Å². The summed E-state index contributed by atoms with van der Waals surface area (Å²) in [5.74, 6) is 0.647. The van der Waals surface area contributed by atoms with E-state index in [1.165, 1.54) is 11.3 Å². The summed E-state index contributed by atoms with van der Waals surface area (Å²) in [5.41, 5.74) is 1.59. The minimum absolute atomic E-state index is 0.0916. The predicted molar refractivity (Wildman–Crippen MR) is 102 cm³/mol. The summed E-state index contributed by atoms with van der Waals surface area (Å²) in [4.78, 5) is 18.6. The number of aromatic nitrogens is 1. The van der Waals surface area contributed by atoms with Crippen molar-refractivity contribution in [1.29, 1.82) is 0 Å². The normalized spacial score (nSPS) is 10.6. The first-order chi connectivity index (χ1) is 11.6. The lowest BCUT2D eigenvalue weighted by atomic mass is 10.3. The number of thiazole rings is 1. The van der Waals surface area contributed by atoms with Crippen LogP contribution in [0.5, 0.6) is 5.75 Å². The van der Waals surface area contributed by atoms with Crippen LogP contribution in [-0.4, -0.2) is 31.6 Å². The highest BCUT2D eigenvalue weighted by atomic mass is 79.9. The first kappa shape index (κ1) is 16.7. The Morgan fingerprint density at radius 3 is 2.75 bits per heavy atom. The Balaban J connectivity index is 1.71. The van der Waals surface area contributed by atoms with Crippen LogP contribution in [0.3, 0.4) is 0 Å². The zero-order valence-electron chi connectivity index (χ0n) is 13.2. The van der Waals surface area contributed by atoms with Crippen LogP contribution >= 0.6 is 27.3 Å². The maximum atomic E-state index is 12.2. The van der Waals surface area contributed by atoms with Crippen molar-refractivity contribution in [2.75, 3.05) is 30.9 Å². The Hall–Kier alpha value is -2.12. The number of likely N-dealkylation sites (N-methyl/N-ethyl adjacent to an activating group) is 1. The fourth-order valence-corrected chi connectivity index (χ4v) is 3.46. The van der Waals surface area contributed by atoms with E-state index in [1.54, 1.807) is 7.11 Å². The molecule has 5 nitrogen and oxygen atoms in total. The Kier molecular flexibility index (Phi) is 5.01. The van der Waals surface area contributed by atoms with Crippen LogP contribution in [0.1, 0.15) is 0 Å². The molecule has 3 aromatic rings. The van der Waals surface area contributed by atoms with Gasteiger partial charge in [-0.3, -0.25) is 4.79 Å². The largest absolute Gasteiger partial charge is 0.494 e. The van der Waals surface area contributed by atoms with Crippen molar-refractivity contribution in [2.45, 2.75) is 0 Å². The Bertz CT molecular complexity index is 864. The Labute approximate surface area is 152 Å². The topological polar surface area (TPSA) is 54.5 Å². The third-order valence-corrected chi connectivity index (χ3v) is 5.09. The third kappa shape index (κ3) is 3.68. The van der Waals surface area contributed by atoms with Crippen molar-refractivity contribution < 1.29 is 9.53 Å². The molecule has 0 aliphatic heterocycles. The van der Waals surface area contributed by atoms with E-state index >= 15 is 0 Å². The molecule has 7 heteroatoms. The number of hydrogen-bond donors (Lipinski definition) is 1. The smallest absolute Gasteiger partial charge is 0.243 e. The van der Waals surface area contributed by atoms with E-state index in [-0.39, 0.29) is 12.5 Å². The van der Waals surface area contributed by atoms with Crippen molar-refractivity contribution in [1.82, 2.24) is 4.98 Å². The van der Waals surface area contributed by atoms with Gasteiger partial charge in [0.25, 0.3) is 0 Å². The number of carbonyl (C=O) groups is 1. The molecule has 0 fully saturated rings. The second-order valence-corrected chi connectivity index (χ2v) is 7.14. The molecule has 0 unspecified atom stereocenters. The molecule has 24 heavy (non-hydrogen) atoms. The quantitative estimate of drug-likeness (QED) is 0.692. The van der Waals surface area contributed by atoms with E-state index in [1.807, 2.05) is 54.4 Å². The second-order valence-electron chi connectivity index (χ2n) is 5.21. The van der Waals surface area contributed by atoms with Crippen molar-refractivity contribution in [3.05, 3.63) is 46.9 Å². The van der Waals surface area contributed by atoms with Gasteiger partial charge < -0.3 is 15.0 Å². The first-order valence-electron chi connectivity index (χ1n) is 7.27. The van der Waals surface area contributed by atoms with Gasteiger partial charge in [0, 0.05) is 17.2 Å². The van der Waals surface area contributed by atoms with Gasteiger partial charge in [-0.25, -0.2) is 4.98 Å². The molecular weight excluding hydrogens is 390 g/mol. The minimum Gasteiger partial charge on any atom is -0.494 e. The molecule has 2 aromatic carbocycles. The average molecular weight is 406 g/mol. The molecule has 0 atom stereocenters. The Morgan fingerprint density at radius 2 is 2.04 bits per heavy atom. The van der Waals surface area contributed by atoms with Crippen LogP contribution in [0.15, 0.2) is 46.9 Å². The molecule has 0 radical (unpaired) electrons. The van der Waals surface area contributed by atoms with E-state index in [9.17, 15) is 4.79 Å². The second kappa shape index (κ2) is 7.19. The molecule has 124 valence electrons. The van der Waals surface area contributed by atoms with Gasteiger partial charge in [0.2, 0.25) is 5.91 Å². The van der Waals surface area contributed by atoms with Gasteiger partial charge in [0.1, 0.15) is 11.3 Å². The van der Waals surface area contributed by atoms with Gasteiger partial charge in [0.15, 0.2) is 5.13 Å². The lowest BCUT2D eigenvalue weighted by Gasteiger charge is -2.15. The maximum absolute atomic E-state index is 12.2. The summed E-state index contributed by atoms with van der Waals surface area (Å²) in [7, 11) is 3.48. The fourth-order valence-electron chi connectivity index (χ4n) is 2.26. The standard InChI is InChI=1S/C17H16BrN3O2S/c1-21(10-15(22)19-12-8-6-11(18)7-9-12)17-20-16-13(23-2)4-3-5-14(16)24-17/h3-9H,10H2,1-2H3,(H,19,22). The molecule has 0 saturated carbocycles. The third-order valence-electron chi connectivity index (χ3n) is 3.43. The number of anilines is 2. The van der Waals surface area contributed by atoms with E-state index in [0.717, 1.165) is 31.3 Å². The van der Waals surface area contributed by atoms with Crippen LogP contribution in [0.2, 0.25) is 0 Å². The number of nitrogens with one attached hydrogen (secondary N) is 1. The van der Waals surface area contributed by atoms with E-state index in [2.05, 4.69) is 26.2 Å². The van der Waals surface area contributed by atoms with E-state index in [0.29, 0.717) is 0 Å². The fraction of sp³-hybridized carbons (Fsp3) is 0.176. The number of fused-ring (bicyclic) bond motifs is 1. The molecule has 0 bridgehead atoms. The zero-order valence-corrected chi connectivity index (χ0v) is 15.6. The lowest BCUT2D eigenvalue weighted by Crippen LogP contribution is -2.29. The summed E-state index contributed by atoms with van der Waals surface area (Å²) >= 11 is 4.91. The van der Waals surface area contributed by atoms with E-state index in [4.69, 9.17) is 4.74 Å². The number of hydrogen-bond acceptors (Lipinski definition) is 5. The average Bonchev–Trinajstić information content (AvgIpc) is 3.01. The minimum atomic E-state index is -0.0916. The summed E-state index contributed by atoms with van der Waals surface area (Å²) in [6.45, 7) is 0.220. The number of benzene rings is 2. The van der Waals surface area contributed by atoms with Gasteiger partial charge in [-0.1, -0.05) is 33.3 Å². The van der Waals surface area contributed by atoms with Gasteiger partial charge in [-0.05, 0) is 36.4 Å². The number of methoxy groups -OCH3 is 1. The highest BCUT2D eigenvalue weighted by Crippen LogP contribution is 2.33. The molecule has 1 heterocycles. The monoisotopic (exact) mass is 405 g/mol. The first-order valence-corrected chi connectivity index (χ1v) is 8.88. The summed E-state index contributed by atoms with van der Waals surface area (Å²) in [6, 6.07) is 13.3. The number of ether oxygens (including phenoxy) is 1. The molecular formula is C17H16BrN3O2S. The van der Waals surface area contributed by atoms with Crippen molar-refractivity contribution in [3.8, 4) is 5.75 Å². The van der Waals surface area contributed by atoms with Crippen LogP contribution in [0.25, 0.3) is 10.2 Å². The molecule has 1 aromatic heterocycles. The molecule has 1 N–H and O–H groups in total. The number of para-hydroxylation sites is 1. The highest BCUT2D eigenvalue weighted by Gasteiger charge is 2.14. The SMILES string of the molecule is COc1cccc2sc(N(C)CC(=O)Nc3ccc(Br)cc3)nc12. The van der Waals surface area contributed by atoms with Crippen molar-refractivity contribution in [3.63, 3.8) is 0 Å². The summed E-state index contributed by atoms with van der Waals surface area (Å²) in [5, 5.41) is 3.66. The predicted octanol–water partition coefficient (Wildman–Crippen LogP) is 4.14. The van der Waals surface area contributed by atoms with Crippen LogP contribution in [0, 0.1) is 0 Å². The molecule has 0 aliphatic rings. The molecule has 3 rings (SSSR count). The summed E-state index contributed by atoms with van der Waals surface area (Å²) < 4.78 is 7.34. The summed E-state index contributed by atoms with van der Waals surface area (Å²) in [6.07, 6.45) is 0. The van der Waals surface area contributed by atoms with Gasteiger partial charge in [-0.15, -0.1) is 0 Å². The van der Waals surface area contributed by atoms with Crippen molar-refractivity contribution in [2.24, 2.45) is 0 Å². The maximum Gasteiger partial charge on any atom is 0.243 e. The van der Waals surface area contributed by atoms with E-state index < -0.39 is 0 Å². The number of carbonyl (C=O) groups excluding carboxylic acids is 1. The Morgan fingerprint density at radius 1 is 1.29 bits per heavy atom. The van der Waals surface area contributed by atoms with Gasteiger partial charge >= 0.3 is 0 Å². The molecule has 0 aliphatic carbocycles. The lowest BCUT2D eigenvalue weighted by molar-refractivity contribution is -0.114. The molecule has 0 saturated heterocycles. The number of amides is 1. The van der Waals surface area contributed by atoms with Crippen molar-refractivity contribution >= 4 is 54.2 Å². The molecule has 1 amide bonds. The number of halogens is 1. The van der Waals surface area contributed by atoms with Crippen LogP contribution < -0.4 is 15.0 Å². The zero-order chi connectivity index (χ0) is 17.1. The molecule has 0 spiro atoms. The van der Waals surface area contributed by atoms with Gasteiger partial charge in [-0.2, -0.15) is 0 Å². The van der Waals surface area contributed by atoms with Crippen LogP contribution in [0.4, 0.5) is 10.8 Å². The van der Waals surface area contributed by atoms with Crippen LogP contribution in [-0.2, 0) is 4.79 Å². The highest BCUT2D eigenvalue weighted by molar-refractivity contribution is 9.10.